The summed E-state index contributed by atoms with van der Waals surface area (Å²) in [6, 6.07) is -0.0129. The number of nitrogens with two attached hydrogens (primary N) is 1. The van der Waals surface area contributed by atoms with Crippen LogP contribution in [0.15, 0.2) is 0 Å². The summed E-state index contributed by atoms with van der Waals surface area (Å²) >= 11 is 0. The zero-order valence-corrected chi connectivity index (χ0v) is 6.50. The van der Waals surface area contributed by atoms with E-state index in [9.17, 15) is 4.79 Å². The molecule has 0 amide bonds. The number of aliphatic carboxylic acids is 1. The van der Waals surface area contributed by atoms with Crippen LogP contribution in [0.5, 0.6) is 0 Å². The molecule has 3 nitrogen and oxygen atoms in total. The van der Waals surface area contributed by atoms with Crippen LogP contribution in [-0.2, 0) is 4.79 Å². The minimum atomic E-state index is -0.760. The monoisotopic (exact) mass is 145 g/mol. The quantitative estimate of drug-likeness (QED) is 0.616. The van der Waals surface area contributed by atoms with Gasteiger partial charge in [0.05, 0.1) is 0 Å². The molecule has 0 fully saturated rings. The predicted octanol–water partition coefficient (Wildman–Crippen LogP) is 0.835. The van der Waals surface area contributed by atoms with Crippen LogP contribution in [0, 0.1) is 5.92 Å². The molecule has 0 radical (unpaired) electrons. The van der Waals surface area contributed by atoms with Gasteiger partial charge in [0, 0.05) is 12.5 Å². The normalized spacial score (nSPS) is 16.3. The van der Waals surface area contributed by atoms with Crippen molar-refractivity contribution in [3.8, 4) is 0 Å². The molecule has 0 heterocycles. The molecular weight excluding hydrogens is 130 g/mol. The van der Waals surface area contributed by atoms with Gasteiger partial charge in [-0.25, -0.2) is 0 Å². The molecule has 2 atom stereocenters. The molecule has 0 saturated heterocycles. The molecule has 3 heteroatoms. The molecule has 0 unspecified atom stereocenters. The fraction of sp³-hybridized carbons (Fsp3) is 0.857. The zero-order valence-electron chi connectivity index (χ0n) is 6.50. The molecule has 0 aromatic carbocycles. The summed E-state index contributed by atoms with van der Waals surface area (Å²) in [7, 11) is 0. The van der Waals surface area contributed by atoms with Crippen LogP contribution in [0.2, 0.25) is 0 Å². The number of carboxylic acids is 1. The van der Waals surface area contributed by atoms with Crippen LogP contribution in [-0.4, -0.2) is 17.1 Å². The number of carboxylic acid groups (broad SMARTS) is 1. The van der Waals surface area contributed by atoms with Gasteiger partial charge in [0.25, 0.3) is 0 Å². The van der Waals surface area contributed by atoms with Gasteiger partial charge in [-0.15, -0.1) is 0 Å². The number of hydrogen-bond donors (Lipinski definition) is 2. The van der Waals surface area contributed by atoms with Crippen molar-refractivity contribution in [3.63, 3.8) is 0 Å². The molecule has 0 aliphatic heterocycles. The first-order valence-corrected chi connectivity index (χ1v) is 3.55. The highest BCUT2D eigenvalue weighted by Crippen LogP contribution is 2.10. The highest BCUT2D eigenvalue weighted by atomic mass is 16.4. The topological polar surface area (TPSA) is 63.3 Å². The maximum Gasteiger partial charge on any atom is 0.303 e. The van der Waals surface area contributed by atoms with Gasteiger partial charge in [-0.05, 0) is 12.8 Å². The third-order valence-electron chi connectivity index (χ3n) is 1.70. The average Bonchev–Trinajstić information content (AvgIpc) is 1.81. The fourth-order valence-corrected chi connectivity index (χ4v) is 0.926. The van der Waals surface area contributed by atoms with Gasteiger partial charge < -0.3 is 10.8 Å². The number of rotatable bonds is 4. The molecule has 60 valence electrons. The van der Waals surface area contributed by atoms with Gasteiger partial charge in [0.15, 0.2) is 0 Å². The molecule has 0 saturated carbocycles. The van der Waals surface area contributed by atoms with E-state index < -0.39 is 5.97 Å². The second-order valence-corrected chi connectivity index (χ2v) is 2.63. The van der Waals surface area contributed by atoms with E-state index in [1.54, 1.807) is 0 Å². The average molecular weight is 145 g/mol. The molecule has 0 bridgehead atoms. The Morgan fingerprint density at radius 3 is 2.30 bits per heavy atom. The molecular formula is C7H15NO2. The summed E-state index contributed by atoms with van der Waals surface area (Å²) < 4.78 is 0. The molecule has 0 aromatic rings. The van der Waals surface area contributed by atoms with Gasteiger partial charge in [0.1, 0.15) is 0 Å². The van der Waals surface area contributed by atoms with Crippen LogP contribution < -0.4 is 5.73 Å². The second-order valence-electron chi connectivity index (χ2n) is 2.63. The summed E-state index contributed by atoms with van der Waals surface area (Å²) in [4.78, 5) is 10.2. The van der Waals surface area contributed by atoms with E-state index in [-0.39, 0.29) is 18.4 Å². The van der Waals surface area contributed by atoms with E-state index in [1.807, 2.05) is 13.8 Å². The maximum atomic E-state index is 10.2. The Bertz CT molecular complexity index is 112. The van der Waals surface area contributed by atoms with E-state index in [0.717, 1.165) is 6.42 Å². The van der Waals surface area contributed by atoms with E-state index in [4.69, 9.17) is 10.8 Å². The minimum absolute atomic E-state index is 0.0129. The van der Waals surface area contributed by atoms with Crippen LogP contribution in [0.4, 0.5) is 0 Å². The molecule has 0 aliphatic carbocycles. The standard InChI is InChI=1S/C7H15NO2/c1-3-6(5(2)8)4-7(9)10/h5-6H,3-4,8H2,1-2H3,(H,9,10)/t5-,6+/m0/s1. The van der Waals surface area contributed by atoms with Crippen LogP contribution in [0.3, 0.4) is 0 Å². The van der Waals surface area contributed by atoms with Gasteiger partial charge >= 0.3 is 5.97 Å². The Balaban J connectivity index is 3.71. The fourth-order valence-electron chi connectivity index (χ4n) is 0.926. The largest absolute Gasteiger partial charge is 0.481 e. The van der Waals surface area contributed by atoms with Gasteiger partial charge in [-0.3, -0.25) is 4.79 Å². The SMILES string of the molecule is CC[C@H](CC(=O)O)[C@H](C)N. The highest BCUT2D eigenvalue weighted by Gasteiger charge is 2.14. The van der Waals surface area contributed by atoms with Gasteiger partial charge in [-0.1, -0.05) is 13.3 Å². The molecule has 0 spiro atoms. The van der Waals surface area contributed by atoms with Crippen molar-refractivity contribution in [2.24, 2.45) is 11.7 Å². The first kappa shape index (κ1) is 9.43. The van der Waals surface area contributed by atoms with Gasteiger partial charge in [-0.2, -0.15) is 0 Å². The van der Waals surface area contributed by atoms with Crippen molar-refractivity contribution >= 4 is 5.97 Å². The predicted molar refractivity (Wildman–Crippen MR) is 39.7 cm³/mol. The molecule has 0 rings (SSSR count). The van der Waals surface area contributed by atoms with E-state index in [2.05, 4.69) is 0 Å². The van der Waals surface area contributed by atoms with Crippen LogP contribution in [0.25, 0.3) is 0 Å². The van der Waals surface area contributed by atoms with Crippen LogP contribution >= 0.6 is 0 Å². The second kappa shape index (κ2) is 4.28. The van der Waals surface area contributed by atoms with Crippen molar-refractivity contribution < 1.29 is 9.90 Å². The highest BCUT2D eigenvalue weighted by molar-refractivity contribution is 5.67. The third kappa shape index (κ3) is 3.45. The Hall–Kier alpha value is -0.570. The maximum absolute atomic E-state index is 10.2. The summed E-state index contributed by atoms with van der Waals surface area (Å²) in [5.74, 6) is -0.637. The van der Waals surface area contributed by atoms with Crippen molar-refractivity contribution in [2.75, 3.05) is 0 Å². The first-order valence-electron chi connectivity index (χ1n) is 3.55. The number of hydrogen-bond acceptors (Lipinski definition) is 2. The lowest BCUT2D eigenvalue weighted by Gasteiger charge is -2.15. The lowest BCUT2D eigenvalue weighted by Crippen LogP contribution is -2.27. The van der Waals surface area contributed by atoms with Gasteiger partial charge in [0.2, 0.25) is 0 Å². The third-order valence-corrected chi connectivity index (χ3v) is 1.70. The smallest absolute Gasteiger partial charge is 0.303 e. The van der Waals surface area contributed by atoms with Crippen LogP contribution in [0.1, 0.15) is 26.7 Å². The Morgan fingerprint density at radius 2 is 2.20 bits per heavy atom. The lowest BCUT2D eigenvalue weighted by molar-refractivity contribution is -0.138. The molecule has 10 heavy (non-hydrogen) atoms. The Kier molecular flexibility index (Phi) is 4.03. The summed E-state index contributed by atoms with van der Waals surface area (Å²) in [5.41, 5.74) is 5.53. The lowest BCUT2D eigenvalue weighted by atomic mass is 9.96. The van der Waals surface area contributed by atoms with E-state index in [1.165, 1.54) is 0 Å². The minimum Gasteiger partial charge on any atom is -0.481 e. The molecule has 0 aromatic heterocycles. The van der Waals surface area contributed by atoms with Crippen molar-refractivity contribution in [1.29, 1.82) is 0 Å². The van der Waals surface area contributed by atoms with Crippen molar-refractivity contribution in [1.82, 2.24) is 0 Å². The Morgan fingerprint density at radius 1 is 1.70 bits per heavy atom. The summed E-state index contributed by atoms with van der Waals surface area (Å²) in [6.45, 7) is 3.80. The van der Waals surface area contributed by atoms with Crippen molar-refractivity contribution in [2.45, 2.75) is 32.7 Å². The first-order chi connectivity index (χ1) is 4.57. The molecule has 3 N–H and O–H groups in total. The summed E-state index contributed by atoms with van der Waals surface area (Å²) in [6.07, 6.45) is 1.03. The molecule has 0 aliphatic rings. The summed E-state index contributed by atoms with van der Waals surface area (Å²) in [5, 5.41) is 8.41. The Labute approximate surface area is 61.2 Å². The van der Waals surface area contributed by atoms with E-state index in [0.29, 0.717) is 0 Å². The number of carbonyl (C=O) groups is 1. The van der Waals surface area contributed by atoms with Crippen molar-refractivity contribution in [3.05, 3.63) is 0 Å². The van der Waals surface area contributed by atoms with E-state index >= 15 is 0 Å². The zero-order chi connectivity index (χ0) is 8.15.